The zero-order valence-electron chi connectivity index (χ0n) is 17.8. The number of amides is 1. The monoisotopic (exact) mass is 395 g/mol. The van der Waals surface area contributed by atoms with Crippen LogP contribution < -0.4 is 0 Å². The molecule has 0 spiro atoms. The second-order valence-corrected chi connectivity index (χ2v) is 8.69. The van der Waals surface area contributed by atoms with E-state index in [0.29, 0.717) is 19.0 Å². The van der Waals surface area contributed by atoms with Crippen molar-refractivity contribution in [1.82, 2.24) is 24.6 Å². The lowest BCUT2D eigenvalue weighted by atomic mass is 9.97. The minimum Gasteiger partial charge on any atom is -0.340 e. The highest BCUT2D eigenvalue weighted by Crippen LogP contribution is 2.28. The van der Waals surface area contributed by atoms with E-state index < -0.39 is 0 Å². The predicted octanol–water partition coefficient (Wildman–Crippen LogP) is 3.15. The molecule has 0 radical (unpaired) electrons. The minimum absolute atomic E-state index is 0.189. The summed E-state index contributed by atoms with van der Waals surface area (Å²) < 4.78 is 2.37. The van der Waals surface area contributed by atoms with Gasteiger partial charge in [0.2, 0.25) is 5.91 Å². The third kappa shape index (κ3) is 4.69. The van der Waals surface area contributed by atoms with Gasteiger partial charge < -0.3 is 9.47 Å². The number of piperidine rings is 1. The first-order chi connectivity index (χ1) is 14.1. The summed E-state index contributed by atoms with van der Waals surface area (Å²) in [5, 5.41) is 9.05. The summed E-state index contributed by atoms with van der Waals surface area (Å²) in [4.78, 5) is 17.0. The smallest absolute Gasteiger partial charge is 0.236 e. The first kappa shape index (κ1) is 20.1. The average molecular weight is 396 g/mol. The number of aromatic nitrogens is 3. The molecule has 0 aliphatic carbocycles. The van der Waals surface area contributed by atoms with E-state index in [4.69, 9.17) is 0 Å². The van der Waals surface area contributed by atoms with Crippen molar-refractivity contribution in [3.8, 4) is 0 Å². The van der Waals surface area contributed by atoms with Gasteiger partial charge in [0.1, 0.15) is 11.6 Å². The van der Waals surface area contributed by atoms with Gasteiger partial charge in [0, 0.05) is 39.0 Å². The third-order valence-corrected chi connectivity index (χ3v) is 6.46. The maximum Gasteiger partial charge on any atom is 0.236 e. The van der Waals surface area contributed by atoms with E-state index >= 15 is 0 Å². The topological polar surface area (TPSA) is 54.3 Å². The molecule has 1 fully saturated rings. The number of fused-ring (bicyclic) bond motifs is 1. The molecule has 29 heavy (non-hydrogen) atoms. The molecule has 3 heterocycles. The number of hydrogen-bond donors (Lipinski definition) is 0. The highest BCUT2D eigenvalue weighted by Gasteiger charge is 2.28. The normalized spacial score (nSPS) is 20.1. The molecule has 2 aliphatic heterocycles. The molecule has 156 valence electrons. The molecule has 1 aromatic heterocycles. The van der Waals surface area contributed by atoms with Crippen LogP contribution in [0.3, 0.4) is 0 Å². The highest BCUT2D eigenvalue weighted by atomic mass is 16.2. The van der Waals surface area contributed by atoms with E-state index in [1.54, 1.807) is 0 Å². The maximum atomic E-state index is 12.8. The fraction of sp³-hybridized carbons (Fsp3) is 0.609. The number of hydrogen-bond acceptors (Lipinski definition) is 4. The van der Waals surface area contributed by atoms with Gasteiger partial charge >= 0.3 is 0 Å². The predicted molar refractivity (Wildman–Crippen MR) is 114 cm³/mol. The van der Waals surface area contributed by atoms with Crippen LogP contribution in [0.4, 0.5) is 0 Å². The highest BCUT2D eigenvalue weighted by molar-refractivity contribution is 5.78. The Balaban J connectivity index is 1.37. The SMILES string of the molecule is Cc1ccccc1CN(C)C(=O)CN1CCCC(c2nnc3n2CCCCC3)C1. The standard InChI is InChI=1S/C23H33N5O/c1-18-9-5-6-10-19(18)15-26(2)22(29)17-27-13-8-11-20(16-27)23-25-24-21-12-4-3-7-14-28(21)23/h5-6,9-10,20H,3-4,7-8,11-17H2,1-2H3. The van der Waals surface area contributed by atoms with Gasteiger partial charge in [-0.25, -0.2) is 0 Å². The number of nitrogens with zero attached hydrogens (tertiary/aromatic N) is 5. The summed E-state index contributed by atoms with van der Waals surface area (Å²) in [6.07, 6.45) is 7.02. The molecule has 1 atom stereocenters. The lowest BCUT2D eigenvalue weighted by Crippen LogP contribution is -2.42. The van der Waals surface area contributed by atoms with E-state index in [1.807, 2.05) is 24.1 Å². The summed E-state index contributed by atoms with van der Waals surface area (Å²) >= 11 is 0. The molecule has 2 aliphatic rings. The molecule has 4 rings (SSSR count). The van der Waals surface area contributed by atoms with Crippen LogP contribution in [-0.2, 0) is 24.3 Å². The van der Waals surface area contributed by atoms with Crippen molar-refractivity contribution < 1.29 is 4.79 Å². The van der Waals surface area contributed by atoms with Gasteiger partial charge in [-0.05, 0) is 50.3 Å². The Bertz CT molecular complexity index is 846. The third-order valence-electron chi connectivity index (χ3n) is 6.46. The zero-order chi connectivity index (χ0) is 20.2. The Morgan fingerprint density at radius 1 is 1.14 bits per heavy atom. The lowest BCUT2D eigenvalue weighted by molar-refractivity contribution is -0.132. The summed E-state index contributed by atoms with van der Waals surface area (Å²) in [6, 6.07) is 8.29. The van der Waals surface area contributed by atoms with Crippen LogP contribution in [0.2, 0.25) is 0 Å². The van der Waals surface area contributed by atoms with E-state index in [1.165, 1.54) is 30.4 Å². The Morgan fingerprint density at radius 2 is 2.00 bits per heavy atom. The molecule has 0 saturated carbocycles. The molecule has 6 heteroatoms. The van der Waals surface area contributed by atoms with Gasteiger partial charge in [0.25, 0.3) is 0 Å². The largest absolute Gasteiger partial charge is 0.340 e. The van der Waals surface area contributed by atoms with Crippen LogP contribution in [0.1, 0.15) is 60.8 Å². The van der Waals surface area contributed by atoms with E-state index in [0.717, 1.165) is 50.5 Å². The van der Waals surface area contributed by atoms with Crippen molar-refractivity contribution >= 4 is 5.91 Å². The van der Waals surface area contributed by atoms with Crippen molar-refractivity contribution in [2.75, 3.05) is 26.7 Å². The summed E-state index contributed by atoms with van der Waals surface area (Å²) in [7, 11) is 1.91. The summed E-state index contributed by atoms with van der Waals surface area (Å²) in [5.41, 5.74) is 2.45. The average Bonchev–Trinajstić information content (AvgIpc) is 2.98. The Hall–Kier alpha value is -2.21. The van der Waals surface area contributed by atoms with Crippen LogP contribution in [0.15, 0.2) is 24.3 Å². The Kier molecular flexibility index (Phi) is 6.28. The number of carbonyl (C=O) groups is 1. The first-order valence-corrected chi connectivity index (χ1v) is 11.0. The van der Waals surface area contributed by atoms with Crippen molar-refractivity contribution in [2.45, 2.75) is 64.5 Å². The van der Waals surface area contributed by atoms with Crippen molar-refractivity contribution in [3.63, 3.8) is 0 Å². The van der Waals surface area contributed by atoms with Crippen LogP contribution in [0.5, 0.6) is 0 Å². The van der Waals surface area contributed by atoms with Crippen molar-refractivity contribution in [3.05, 3.63) is 47.0 Å². The molecule has 6 nitrogen and oxygen atoms in total. The maximum absolute atomic E-state index is 12.8. The fourth-order valence-electron chi connectivity index (χ4n) is 4.66. The van der Waals surface area contributed by atoms with Gasteiger partial charge in [-0.1, -0.05) is 30.7 Å². The van der Waals surface area contributed by atoms with E-state index in [2.05, 4.69) is 38.7 Å². The molecule has 1 saturated heterocycles. The quantitative estimate of drug-likeness (QED) is 0.780. The molecule has 1 amide bonds. The van der Waals surface area contributed by atoms with Gasteiger partial charge in [0.05, 0.1) is 6.54 Å². The Labute approximate surface area is 173 Å². The second kappa shape index (κ2) is 9.08. The molecule has 0 N–H and O–H groups in total. The minimum atomic E-state index is 0.189. The van der Waals surface area contributed by atoms with E-state index in [-0.39, 0.29) is 5.91 Å². The van der Waals surface area contributed by atoms with Gasteiger partial charge in [0.15, 0.2) is 0 Å². The Morgan fingerprint density at radius 3 is 2.86 bits per heavy atom. The van der Waals surface area contributed by atoms with Crippen LogP contribution >= 0.6 is 0 Å². The van der Waals surface area contributed by atoms with Gasteiger partial charge in [-0.15, -0.1) is 10.2 Å². The molecule has 0 bridgehead atoms. The molecule has 1 unspecified atom stereocenters. The van der Waals surface area contributed by atoms with Crippen LogP contribution in [0, 0.1) is 6.92 Å². The summed E-state index contributed by atoms with van der Waals surface area (Å²) in [6.45, 7) is 6.19. The summed E-state index contributed by atoms with van der Waals surface area (Å²) in [5.74, 6) is 2.88. The van der Waals surface area contributed by atoms with E-state index in [9.17, 15) is 4.79 Å². The van der Waals surface area contributed by atoms with Crippen molar-refractivity contribution in [1.29, 1.82) is 0 Å². The molecule has 1 aromatic carbocycles. The number of carbonyl (C=O) groups excluding carboxylic acids is 1. The molecule has 2 aromatic rings. The second-order valence-electron chi connectivity index (χ2n) is 8.69. The number of rotatable bonds is 5. The lowest BCUT2D eigenvalue weighted by Gasteiger charge is -2.33. The van der Waals surface area contributed by atoms with Gasteiger partial charge in [-0.2, -0.15) is 0 Å². The van der Waals surface area contributed by atoms with Crippen LogP contribution in [0.25, 0.3) is 0 Å². The number of likely N-dealkylation sites (N-methyl/N-ethyl adjacent to an activating group) is 1. The van der Waals surface area contributed by atoms with Gasteiger partial charge in [-0.3, -0.25) is 9.69 Å². The molecular weight excluding hydrogens is 362 g/mol. The van der Waals surface area contributed by atoms with Crippen LogP contribution in [-0.4, -0.2) is 57.2 Å². The van der Waals surface area contributed by atoms with Crippen molar-refractivity contribution in [2.24, 2.45) is 0 Å². The zero-order valence-corrected chi connectivity index (χ0v) is 17.8. The number of likely N-dealkylation sites (tertiary alicyclic amines) is 1. The number of aryl methyl sites for hydroxylation is 2. The first-order valence-electron chi connectivity index (χ1n) is 11.0. The fourth-order valence-corrected chi connectivity index (χ4v) is 4.66. The molecular formula is C23H33N5O. The number of benzene rings is 1.